The van der Waals surface area contributed by atoms with E-state index in [-0.39, 0.29) is 5.82 Å². The van der Waals surface area contributed by atoms with E-state index >= 15 is 0 Å². The summed E-state index contributed by atoms with van der Waals surface area (Å²) < 4.78 is 23.9. The minimum Gasteiger partial charge on any atom is -0.383 e. The maximum atomic E-state index is 13.8. The summed E-state index contributed by atoms with van der Waals surface area (Å²) in [5.41, 5.74) is 1.00. The van der Waals surface area contributed by atoms with Gasteiger partial charge in [-0.15, -0.1) is 11.8 Å². The van der Waals surface area contributed by atoms with Crippen molar-refractivity contribution in [2.45, 2.75) is 16.7 Å². The third-order valence-electron chi connectivity index (χ3n) is 2.74. The fourth-order valence-corrected chi connectivity index (χ4v) is 2.80. The molecule has 0 atom stereocenters. The number of nitrogens with one attached hydrogen (secondary N) is 1. The highest BCUT2D eigenvalue weighted by molar-refractivity contribution is 8.00. The molecule has 18 heavy (non-hydrogen) atoms. The molecule has 0 spiro atoms. The van der Waals surface area contributed by atoms with E-state index in [1.807, 2.05) is 6.07 Å². The summed E-state index contributed by atoms with van der Waals surface area (Å²) >= 11 is 1.58. The zero-order valence-corrected chi connectivity index (χ0v) is 11.3. The quantitative estimate of drug-likeness (QED) is 0.769. The van der Waals surface area contributed by atoms with Crippen LogP contribution in [0, 0.1) is 5.82 Å². The summed E-state index contributed by atoms with van der Waals surface area (Å²) in [6, 6.07) is 5.23. The summed E-state index contributed by atoms with van der Waals surface area (Å²) in [7, 11) is 1.67. The summed E-state index contributed by atoms with van der Waals surface area (Å²) in [5.74, 6) is -0.141. The van der Waals surface area contributed by atoms with Crippen LogP contribution in [0.25, 0.3) is 0 Å². The predicted octanol–water partition coefficient (Wildman–Crippen LogP) is 2.05. The molecule has 100 valence electrons. The van der Waals surface area contributed by atoms with Gasteiger partial charge in [-0.1, -0.05) is 12.1 Å². The van der Waals surface area contributed by atoms with Crippen LogP contribution in [0.1, 0.15) is 5.56 Å². The number of hydrogen-bond acceptors (Lipinski definition) is 4. The Hall–Kier alpha value is -0.620. The lowest BCUT2D eigenvalue weighted by Crippen LogP contribution is -2.30. The van der Waals surface area contributed by atoms with Crippen LogP contribution < -0.4 is 5.32 Å². The van der Waals surface area contributed by atoms with Crippen LogP contribution in [-0.4, -0.2) is 38.7 Å². The Morgan fingerprint density at radius 2 is 2.33 bits per heavy atom. The van der Waals surface area contributed by atoms with Gasteiger partial charge < -0.3 is 14.8 Å². The SMILES string of the molecule is COCCNCc1cccc(F)c1SC1COC1. The van der Waals surface area contributed by atoms with Crippen LogP contribution in [0.3, 0.4) is 0 Å². The van der Waals surface area contributed by atoms with Gasteiger partial charge in [-0.05, 0) is 11.6 Å². The average Bonchev–Trinajstić information content (AvgIpc) is 2.31. The van der Waals surface area contributed by atoms with Crippen LogP contribution in [0.4, 0.5) is 4.39 Å². The van der Waals surface area contributed by atoms with E-state index in [1.165, 1.54) is 6.07 Å². The van der Waals surface area contributed by atoms with E-state index in [0.717, 1.165) is 30.2 Å². The third kappa shape index (κ3) is 3.68. The minimum atomic E-state index is -0.141. The zero-order chi connectivity index (χ0) is 12.8. The fourth-order valence-electron chi connectivity index (χ4n) is 1.67. The Kier molecular flexibility index (Phi) is 5.44. The first-order chi connectivity index (χ1) is 8.81. The fraction of sp³-hybridized carbons (Fsp3) is 0.538. The second kappa shape index (κ2) is 7.09. The van der Waals surface area contributed by atoms with Gasteiger partial charge in [-0.3, -0.25) is 0 Å². The van der Waals surface area contributed by atoms with Gasteiger partial charge in [0.1, 0.15) is 5.82 Å². The first-order valence-electron chi connectivity index (χ1n) is 6.02. The molecule has 3 nitrogen and oxygen atoms in total. The Bertz CT molecular complexity index is 385. The lowest BCUT2D eigenvalue weighted by atomic mass is 10.2. The molecule has 0 aromatic heterocycles. The van der Waals surface area contributed by atoms with Crippen molar-refractivity contribution in [1.29, 1.82) is 0 Å². The molecule has 1 aliphatic rings. The molecule has 0 amide bonds. The molecule has 0 bridgehead atoms. The second-order valence-electron chi connectivity index (χ2n) is 4.17. The van der Waals surface area contributed by atoms with Crippen molar-refractivity contribution in [3.63, 3.8) is 0 Å². The molecule has 0 radical (unpaired) electrons. The smallest absolute Gasteiger partial charge is 0.137 e. The molecule has 1 aromatic carbocycles. The summed E-state index contributed by atoms with van der Waals surface area (Å²) in [6.07, 6.45) is 0. The van der Waals surface area contributed by atoms with E-state index in [1.54, 1.807) is 24.9 Å². The molecular formula is C13H18FNO2S. The summed E-state index contributed by atoms with van der Waals surface area (Å²) in [5, 5.41) is 3.63. The van der Waals surface area contributed by atoms with Gasteiger partial charge in [0, 0.05) is 25.1 Å². The van der Waals surface area contributed by atoms with E-state index in [2.05, 4.69) is 5.32 Å². The van der Waals surface area contributed by atoms with Crippen LogP contribution in [0.2, 0.25) is 0 Å². The number of rotatable bonds is 7. The highest BCUT2D eigenvalue weighted by atomic mass is 32.2. The monoisotopic (exact) mass is 271 g/mol. The normalized spacial score (nSPS) is 15.7. The van der Waals surface area contributed by atoms with Gasteiger partial charge >= 0.3 is 0 Å². The first-order valence-corrected chi connectivity index (χ1v) is 6.90. The Balaban J connectivity index is 1.96. The largest absolute Gasteiger partial charge is 0.383 e. The molecule has 2 rings (SSSR count). The third-order valence-corrected chi connectivity index (χ3v) is 4.04. The molecule has 0 saturated carbocycles. The molecule has 1 aliphatic heterocycles. The van der Waals surface area contributed by atoms with E-state index < -0.39 is 0 Å². The molecule has 1 aromatic rings. The average molecular weight is 271 g/mol. The Labute approximate surface area is 111 Å². The van der Waals surface area contributed by atoms with Crippen LogP contribution in [-0.2, 0) is 16.0 Å². The van der Waals surface area contributed by atoms with Gasteiger partial charge in [-0.25, -0.2) is 4.39 Å². The number of benzene rings is 1. The molecule has 0 unspecified atom stereocenters. The van der Waals surface area contributed by atoms with Crippen LogP contribution in [0.15, 0.2) is 23.1 Å². The second-order valence-corrected chi connectivity index (χ2v) is 5.49. The molecule has 1 fully saturated rings. The number of halogens is 1. The molecule has 0 aliphatic carbocycles. The molecular weight excluding hydrogens is 253 g/mol. The summed E-state index contributed by atoms with van der Waals surface area (Å²) in [6.45, 7) is 3.53. The van der Waals surface area contributed by atoms with Crippen molar-refractivity contribution < 1.29 is 13.9 Å². The van der Waals surface area contributed by atoms with E-state index in [4.69, 9.17) is 9.47 Å². The van der Waals surface area contributed by atoms with Crippen LogP contribution in [0.5, 0.6) is 0 Å². The standard InChI is InChI=1S/C13H18FNO2S/c1-16-6-5-15-7-10-3-2-4-12(14)13(10)18-11-8-17-9-11/h2-4,11,15H,5-9H2,1H3. The molecule has 1 N–H and O–H groups in total. The lowest BCUT2D eigenvalue weighted by molar-refractivity contribution is 0.0454. The highest BCUT2D eigenvalue weighted by Gasteiger charge is 2.22. The molecule has 1 heterocycles. The van der Waals surface area contributed by atoms with Crippen molar-refractivity contribution in [1.82, 2.24) is 5.32 Å². The van der Waals surface area contributed by atoms with E-state index in [9.17, 15) is 4.39 Å². The van der Waals surface area contributed by atoms with Crippen molar-refractivity contribution >= 4 is 11.8 Å². The number of hydrogen-bond donors (Lipinski definition) is 1. The first kappa shape index (κ1) is 13.8. The predicted molar refractivity (Wildman–Crippen MR) is 70.4 cm³/mol. The van der Waals surface area contributed by atoms with Crippen molar-refractivity contribution in [3.05, 3.63) is 29.6 Å². The van der Waals surface area contributed by atoms with Gasteiger partial charge in [-0.2, -0.15) is 0 Å². The van der Waals surface area contributed by atoms with Crippen molar-refractivity contribution in [2.24, 2.45) is 0 Å². The Morgan fingerprint density at radius 3 is 3.00 bits per heavy atom. The number of thioether (sulfide) groups is 1. The maximum Gasteiger partial charge on any atom is 0.137 e. The van der Waals surface area contributed by atoms with Crippen molar-refractivity contribution in [3.8, 4) is 0 Å². The van der Waals surface area contributed by atoms with Gasteiger partial charge in [0.2, 0.25) is 0 Å². The maximum absolute atomic E-state index is 13.8. The van der Waals surface area contributed by atoms with Gasteiger partial charge in [0.25, 0.3) is 0 Å². The zero-order valence-electron chi connectivity index (χ0n) is 10.4. The minimum absolute atomic E-state index is 0.141. The van der Waals surface area contributed by atoms with E-state index in [0.29, 0.717) is 18.4 Å². The summed E-state index contributed by atoms with van der Waals surface area (Å²) in [4.78, 5) is 0.746. The Morgan fingerprint density at radius 1 is 1.50 bits per heavy atom. The number of methoxy groups -OCH3 is 1. The van der Waals surface area contributed by atoms with Crippen molar-refractivity contribution in [2.75, 3.05) is 33.5 Å². The number of ether oxygens (including phenoxy) is 2. The van der Waals surface area contributed by atoms with Gasteiger partial charge in [0.05, 0.1) is 25.1 Å². The highest BCUT2D eigenvalue weighted by Crippen LogP contribution is 2.32. The lowest BCUT2D eigenvalue weighted by Gasteiger charge is -2.26. The van der Waals surface area contributed by atoms with Crippen LogP contribution >= 0.6 is 11.8 Å². The van der Waals surface area contributed by atoms with Gasteiger partial charge in [0.15, 0.2) is 0 Å². The molecule has 5 heteroatoms. The molecule has 1 saturated heterocycles. The topological polar surface area (TPSA) is 30.5 Å².